The summed E-state index contributed by atoms with van der Waals surface area (Å²) >= 11 is 0. The fourth-order valence-corrected chi connectivity index (χ4v) is 5.88. The van der Waals surface area contributed by atoms with Gasteiger partial charge in [-0.15, -0.1) is 0 Å². The summed E-state index contributed by atoms with van der Waals surface area (Å²) in [5.41, 5.74) is 5.19. The van der Waals surface area contributed by atoms with Gasteiger partial charge >= 0.3 is 12.6 Å². The fourth-order valence-electron chi connectivity index (χ4n) is 5.88. The maximum atomic E-state index is 13.2. The lowest BCUT2D eigenvalue weighted by atomic mass is 9.86. The Morgan fingerprint density at radius 1 is 1.00 bits per heavy atom. The van der Waals surface area contributed by atoms with E-state index in [-0.39, 0.29) is 18.0 Å². The summed E-state index contributed by atoms with van der Waals surface area (Å²) in [6.45, 7) is 9.71. The van der Waals surface area contributed by atoms with Crippen molar-refractivity contribution in [2.75, 3.05) is 44.2 Å². The number of nitrogens with one attached hydrogen (secondary N) is 1. The average Bonchev–Trinajstić information content (AvgIpc) is 3.37. The van der Waals surface area contributed by atoms with Crippen molar-refractivity contribution in [3.63, 3.8) is 0 Å². The highest BCUT2D eigenvalue weighted by Crippen LogP contribution is 2.34. The number of aromatic nitrogens is 2. The Morgan fingerprint density at radius 2 is 1.73 bits per heavy atom. The Kier molecular flexibility index (Phi) is 8.56. The molecule has 4 heterocycles. The number of likely N-dealkylation sites (tertiary alicyclic amines) is 1. The number of nitrogens with zero attached hydrogens (tertiary/aromatic N) is 5. The van der Waals surface area contributed by atoms with Crippen LogP contribution < -0.4 is 10.2 Å². The molecular formula is C30H40F2N6O2. The van der Waals surface area contributed by atoms with Gasteiger partial charge in [-0.05, 0) is 57.4 Å². The molecule has 3 aromatic rings. The van der Waals surface area contributed by atoms with Crippen molar-refractivity contribution in [2.45, 2.75) is 64.8 Å². The molecule has 2 aliphatic heterocycles. The van der Waals surface area contributed by atoms with Crippen LogP contribution >= 0.6 is 0 Å². The van der Waals surface area contributed by atoms with Crippen LogP contribution in [0.1, 0.15) is 45.6 Å². The van der Waals surface area contributed by atoms with Gasteiger partial charge in [0.1, 0.15) is 0 Å². The first kappa shape index (κ1) is 28.3. The molecule has 2 saturated heterocycles. The van der Waals surface area contributed by atoms with E-state index in [2.05, 4.69) is 52.3 Å². The summed E-state index contributed by atoms with van der Waals surface area (Å²) in [6, 6.07) is 12.8. The van der Waals surface area contributed by atoms with E-state index in [1.807, 2.05) is 47.7 Å². The van der Waals surface area contributed by atoms with Gasteiger partial charge in [0, 0.05) is 75.2 Å². The Morgan fingerprint density at radius 3 is 2.38 bits per heavy atom. The smallest absolute Gasteiger partial charge is 0.345 e. The van der Waals surface area contributed by atoms with Gasteiger partial charge < -0.3 is 24.8 Å². The average molecular weight is 555 g/mol. The van der Waals surface area contributed by atoms with E-state index in [1.54, 1.807) is 6.20 Å². The zero-order valence-electron chi connectivity index (χ0n) is 23.8. The molecule has 0 saturated carbocycles. The number of fused-ring (bicyclic) bond motifs is 1. The Hall–Kier alpha value is -3.24. The molecule has 0 spiro atoms. The highest BCUT2D eigenvalue weighted by molar-refractivity contribution is 5.80. The van der Waals surface area contributed by atoms with E-state index in [9.17, 15) is 13.6 Å². The van der Waals surface area contributed by atoms with Crippen molar-refractivity contribution < 1.29 is 18.3 Å². The lowest BCUT2D eigenvalue weighted by molar-refractivity contribution is -0.179. The van der Waals surface area contributed by atoms with Gasteiger partial charge in [-0.1, -0.05) is 24.3 Å². The molecule has 0 aliphatic carbocycles. The van der Waals surface area contributed by atoms with Crippen LogP contribution in [0.15, 0.2) is 48.8 Å². The molecule has 8 nitrogen and oxygen atoms in total. The number of ether oxygens (including phenoxy) is 1. The predicted molar refractivity (Wildman–Crippen MR) is 153 cm³/mol. The second kappa shape index (κ2) is 12.1. The third-order valence-electron chi connectivity index (χ3n) is 8.07. The topological polar surface area (TPSA) is 65.4 Å². The van der Waals surface area contributed by atoms with Gasteiger partial charge in [0.05, 0.1) is 17.3 Å². The summed E-state index contributed by atoms with van der Waals surface area (Å²) in [6.07, 6.45) is 3.91. The molecule has 0 radical (unpaired) electrons. The molecule has 10 heteroatoms. The second-order valence-corrected chi connectivity index (χ2v) is 11.4. The monoisotopic (exact) mass is 554 g/mol. The standard InChI is InChI=1S/C30H40F2N6O2/c1-20(2)34-30(39)36-15-13-35(14-16-36)26-9-11-33-38-18-24(17-27(26)38)22-5-7-23(8-6-22)25-19-37(21(3)4)12-10-28(25)40-29(31)32/h5-9,11,17-18,20-21,25,28-29H,10,12-16,19H2,1-4H3,(H,34,39)/t25-,28+/m0/s1. The van der Waals surface area contributed by atoms with Crippen LogP contribution in [0.5, 0.6) is 0 Å². The van der Waals surface area contributed by atoms with E-state index in [4.69, 9.17) is 4.74 Å². The van der Waals surface area contributed by atoms with Crippen molar-refractivity contribution in [3.05, 3.63) is 54.4 Å². The van der Waals surface area contributed by atoms with Crippen molar-refractivity contribution in [2.24, 2.45) is 0 Å². The molecule has 0 bridgehead atoms. The number of alkyl halides is 2. The number of hydrogen-bond acceptors (Lipinski definition) is 5. The first-order valence-corrected chi connectivity index (χ1v) is 14.3. The number of urea groups is 1. The zero-order chi connectivity index (χ0) is 28.4. The van der Waals surface area contributed by atoms with Crippen LogP contribution in [0.3, 0.4) is 0 Å². The molecule has 1 aromatic carbocycles. The number of rotatable bonds is 7. The second-order valence-electron chi connectivity index (χ2n) is 11.4. The predicted octanol–water partition coefficient (Wildman–Crippen LogP) is 5.05. The maximum absolute atomic E-state index is 13.2. The first-order chi connectivity index (χ1) is 19.2. The van der Waals surface area contributed by atoms with Crippen molar-refractivity contribution in [1.29, 1.82) is 0 Å². The maximum Gasteiger partial charge on any atom is 0.345 e. The van der Waals surface area contributed by atoms with E-state index < -0.39 is 12.7 Å². The lowest BCUT2D eigenvalue weighted by Crippen LogP contribution is -2.53. The number of piperazine rings is 1. The number of amides is 2. The summed E-state index contributed by atoms with van der Waals surface area (Å²) in [5.74, 6) is -0.109. The van der Waals surface area contributed by atoms with E-state index in [0.717, 1.165) is 47.5 Å². The number of carbonyl (C=O) groups excluding carboxylic acids is 1. The minimum atomic E-state index is -2.77. The number of halogens is 2. The van der Waals surface area contributed by atoms with Crippen LogP contribution in [0.4, 0.5) is 19.3 Å². The number of carbonyl (C=O) groups is 1. The van der Waals surface area contributed by atoms with Gasteiger partial charge in [0.25, 0.3) is 0 Å². The SMILES string of the molecule is CC(C)NC(=O)N1CCN(c2ccnn3cc(-c4ccc([C@@H]5CN(C(C)C)CC[C@H]5OC(F)F)cc4)cc23)CC1. The van der Waals surface area contributed by atoms with Crippen molar-refractivity contribution >= 4 is 17.2 Å². The highest BCUT2D eigenvalue weighted by Gasteiger charge is 2.34. The molecule has 1 N–H and O–H groups in total. The molecule has 2 amide bonds. The van der Waals surface area contributed by atoms with Crippen LogP contribution in [-0.2, 0) is 4.74 Å². The number of hydrogen-bond donors (Lipinski definition) is 1. The normalized spacial score (nSPS) is 20.7. The zero-order valence-corrected chi connectivity index (χ0v) is 23.8. The Balaban J connectivity index is 1.33. The molecule has 5 rings (SSSR count). The summed E-state index contributed by atoms with van der Waals surface area (Å²) in [7, 11) is 0. The Bertz CT molecular complexity index is 1290. The van der Waals surface area contributed by atoms with E-state index >= 15 is 0 Å². The molecule has 0 unspecified atom stereocenters. The van der Waals surface area contributed by atoms with Crippen LogP contribution in [0.2, 0.25) is 0 Å². The van der Waals surface area contributed by atoms with Gasteiger partial charge in [-0.2, -0.15) is 13.9 Å². The van der Waals surface area contributed by atoms with E-state index in [1.165, 1.54) is 0 Å². The minimum Gasteiger partial charge on any atom is -0.366 e. The minimum absolute atomic E-state index is 0.0137. The van der Waals surface area contributed by atoms with Gasteiger partial charge in [0.15, 0.2) is 0 Å². The number of benzene rings is 1. The molecule has 2 fully saturated rings. The third kappa shape index (κ3) is 6.23. The highest BCUT2D eigenvalue weighted by atomic mass is 19.3. The van der Waals surface area contributed by atoms with Gasteiger partial charge in [0.2, 0.25) is 0 Å². The molecule has 2 aliphatic rings. The molecule has 2 atom stereocenters. The summed E-state index contributed by atoms with van der Waals surface area (Å²) in [4.78, 5) is 18.9. The number of piperidine rings is 1. The molecule has 216 valence electrons. The van der Waals surface area contributed by atoms with Gasteiger partial charge in [-0.25, -0.2) is 9.31 Å². The molecular weight excluding hydrogens is 514 g/mol. The van der Waals surface area contributed by atoms with Crippen LogP contribution in [-0.4, -0.2) is 89.5 Å². The van der Waals surface area contributed by atoms with Crippen LogP contribution in [0, 0.1) is 0 Å². The van der Waals surface area contributed by atoms with Crippen molar-refractivity contribution in [1.82, 2.24) is 24.7 Å². The number of anilines is 1. The lowest BCUT2D eigenvalue weighted by Gasteiger charge is -2.40. The first-order valence-electron chi connectivity index (χ1n) is 14.3. The van der Waals surface area contributed by atoms with E-state index in [0.29, 0.717) is 32.1 Å². The summed E-state index contributed by atoms with van der Waals surface area (Å²) < 4.78 is 33.2. The summed E-state index contributed by atoms with van der Waals surface area (Å²) in [5, 5.41) is 7.51. The van der Waals surface area contributed by atoms with Crippen LogP contribution in [0.25, 0.3) is 16.6 Å². The molecule has 40 heavy (non-hydrogen) atoms. The largest absolute Gasteiger partial charge is 0.366 e. The van der Waals surface area contributed by atoms with Crippen molar-refractivity contribution in [3.8, 4) is 11.1 Å². The molecule has 2 aromatic heterocycles. The van der Waals surface area contributed by atoms with Gasteiger partial charge in [-0.3, -0.25) is 0 Å². The third-order valence-corrected chi connectivity index (χ3v) is 8.07. The fraction of sp³-hybridized carbons (Fsp3) is 0.533. The quantitative estimate of drug-likeness (QED) is 0.443. The Labute approximate surface area is 234 Å².